The molecular formula is C18H10FI2N5O. The highest BCUT2D eigenvalue weighted by molar-refractivity contribution is 14.1. The predicted molar refractivity (Wildman–Crippen MR) is 118 cm³/mol. The van der Waals surface area contributed by atoms with E-state index < -0.39 is 5.56 Å². The Balaban J connectivity index is 1.91. The monoisotopic (exact) mass is 585 g/mol. The quantitative estimate of drug-likeness (QED) is 0.209. The summed E-state index contributed by atoms with van der Waals surface area (Å²) in [5.74, 6) is -0.174. The largest absolute Gasteiger partial charge is 0.290 e. The number of anilines is 1. The molecule has 0 aliphatic heterocycles. The molecular weight excluding hydrogens is 575 g/mol. The molecule has 0 fully saturated rings. The number of benzene rings is 2. The summed E-state index contributed by atoms with van der Waals surface area (Å²) in [5, 5.41) is 13.3. The molecule has 1 aromatic heterocycles. The van der Waals surface area contributed by atoms with Gasteiger partial charge in [0.25, 0.3) is 5.56 Å². The lowest BCUT2D eigenvalue weighted by molar-refractivity contribution is 0.612. The number of nitrogens with one attached hydrogen (secondary N) is 2. The first-order valence-electron chi connectivity index (χ1n) is 7.53. The molecule has 3 aromatic rings. The fourth-order valence-electron chi connectivity index (χ4n) is 2.25. The molecule has 3 rings (SSSR count). The highest BCUT2D eigenvalue weighted by Gasteiger charge is 2.12. The summed E-state index contributed by atoms with van der Waals surface area (Å²) >= 11 is 3.82. The second-order valence-electron chi connectivity index (χ2n) is 5.28. The molecule has 1 heterocycles. The maximum Gasteiger partial charge on any atom is 0.270 e. The average Bonchev–Trinajstić information content (AvgIpc) is 2.66. The van der Waals surface area contributed by atoms with E-state index in [1.165, 1.54) is 6.21 Å². The minimum Gasteiger partial charge on any atom is -0.290 e. The summed E-state index contributed by atoms with van der Waals surface area (Å²) in [4.78, 5) is 18.9. The van der Waals surface area contributed by atoms with Crippen molar-refractivity contribution in [1.29, 1.82) is 5.26 Å². The van der Waals surface area contributed by atoms with Crippen molar-refractivity contribution in [2.24, 2.45) is 5.10 Å². The van der Waals surface area contributed by atoms with Gasteiger partial charge in [-0.05, 0) is 62.9 Å². The molecule has 134 valence electrons. The van der Waals surface area contributed by atoms with Gasteiger partial charge < -0.3 is 0 Å². The summed E-state index contributed by atoms with van der Waals surface area (Å²) < 4.78 is 14.6. The van der Waals surface area contributed by atoms with E-state index in [-0.39, 0.29) is 23.0 Å². The van der Waals surface area contributed by atoms with Crippen molar-refractivity contribution in [2.45, 2.75) is 0 Å². The lowest BCUT2D eigenvalue weighted by Crippen LogP contribution is -2.16. The van der Waals surface area contributed by atoms with Crippen LogP contribution >= 0.6 is 45.2 Å². The molecule has 0 aliphatic rings. The van der Waals surface area contributed by atoms with Gasteiger partial charge in [-0.15, -0.1) is 0 Å². The summed E-state index contributed by atoms with van der Waals surface area (Å²) in [6.07, 6.45) is 1.49. The first-order chi connectivity index (χ1) is 13.0. The summed E-state index contributed by atoms with van der Waals surface area (Å²) in [6.45, 7) is 0. The summed E-state index contributed by atoms with van der Waals surface area (Å²) in [5.41, 5.74) is 3.62. The van der Waals surface area contributed by atoms with E-state index in [9.17, 15) is 14.4 Å². The molecule has 2 N–H and O–H groups in total. The van der Waals surface area contributed by atoms with Gasteiger partial charge >= 0.3 is 0 Å². The zero-order chi connectivity index (χ0) is 19.4. The van der Waals surface area contributed by atoms with E-state index in [1.807, 2.05) is 57.3 Å². The van der Waals surface area contributed by atoms with Crippen LogP contribution in [0.2, 0.25) is 0 Å². The molecule has 0 spiro atoms. The molecule has 0 unspecified atom stereocenters. The van der Waals surface area contributed by atoms with E-state index >= 15 is 0 Å². The third kappa shape index (κ3) is 4.51. The van der Waals surface area contributed by atoms with Crippen molar-refractivity contribution >= 4 is 57.3 Å². The van der Waals surface area contributed by atoms with Gasteiger partial charge in [0.2, 0.25) is 5.95 Å². The Morgan fingerprint density at radius 1 is 1.22 bits per heavy atom. The normalized spacial score (nSPS) is 10.7. The van der Waals surface area contributed by atoms with Gasteiger partial charge in [0.05, 0.1) is 19.0 Å². The topological polar surface area (TPSA) is 93.9 Å². The molecule has 0 amide bonds. The van der Waals surface area contributed by atoms with Crippen LogP contribution in [0, 0.1) is 24.3 Å². The van der Waals surface area contributed by atoms with Crippen LogP contribution in [-0.2, 0) is 0 Å². The Hall–Kier alpha value is -2.33. The number of hydrogen-bond acceptors (Lipinski definition) is 5. The van der Waals surface area contributed by atoms with Gasteiger partial charge in [0, 0.05) is 5.56 Å². The number of halogens is 3. The van der Waals surface area contributed by atoms with Gasteiger partial charge in [-0.1, -0.05) is 30.3 Å². The number of aromatic nitrogens is 2. The third-order valence-electron chi connectivity index (χ3n) is 3.47. The minimum absolute atomic E-state index is 0.0710. The highest BCUT2D eigenvalue weighted by Crippen LogP contribution is 2.20. The van der Waals surface area contributed by atoms with Crippen molar-refractivity contribution < 1.29 is 4.39 Å². The smallest absolute Gasteiger partial charge is 0.270 e. The predicted octanol–water partition coefficient (Wildman–Crippen LogP) is 4.10. The number of nitrogens with zero attached hydrogens (tertiary/aromatic N) is 3. The number of rotatable bonds is 4. The maximum absolute atomic E-state index is 13.7. The van der Waals surface area contributed by atoms with Crippen LogP contribution in [-0.4, -0.2) is 16.2 Å². The molecule has 27 heavy (non-hydrogen) atoms. The number of H-pyrrole nitrogens is 1. The zero-order valence-electron chi connectivity index (χ0n) is 13.5. The third-order valence-corrected chi connectivity index (χ3v) is 5.04. The first kappa shape index (κ1) is 19.4. The number of nitriles is 1. The molecule has 0 saturated heterocycles. The van der Waals surface area contributed by atoms with E-state index in [2.05, 4.69) is 20.5 Å². The van der Waals surface area contributed by atoms with Crippen LogP contribution in [0.4, 0.5) is 10.3 Å². The maximum atomic E-state index is 13.7. The lowest BCUT2D eigenvalue weighted by Gasteiger charge is -2.06. The van der Waals surface area contributed by atoms with Crippen molar-refractivity contribution in [1.82, 2.24) is 9.97 Å². The van der Waals surface area contributed by atoms with Gasteiger partial charge in [0.15, 0.2) is 0 Å². The van der Waals surface area contributed by atoms with Crippen molar-refractivity contribution in [3.63, 3.8) is 0 Å². The molecule has 0 radical (unpaired) electrons. The standard InChI is InChI=1S/C18H10FI2N5O/c19-15-13(20)6-10(7-14(15)21)9-23-26-18-24-16(11-4-2-1-3-5-11)12(8-22)17(27)25-18/h1-7,9H,(H2,24,25,26,27). The van der Waals surface area contributed by atoms with Crippen LogP contribution in [0.15, 0.2) is 52.4 Å². The highest BCUT2D eigenvalue weighted by atomic mass is 127. The molecule has 0 saturated carbocycles. The fraction of sp³-hybridized carbons (Fsp3) is 0. The Labute approximate surface area is 180 Å². The summed E-state index contributed by atoms with van der Waals surface area (Å²) in [6, 6.07) is 14.1. The minimum atomic E-state index is -0.560. The Kier molecular flexibility index (Phi) is 6.17. The van der Waals surface area contributed by atoms with Gasteiger partial charge in [-0.2, -0.15) is 10.4 Å². The number of hydrazone groups is 1. The van der Waals surface area contributed by atoms with Crippen molar-refractivity contribution in [2.75, 3.05) is 5.43 Å². The Bertz CT molecular complexity index is 1100. The van der Waals surface area contributed by atoms with E-state index in [0.717, 1.165) is 0 Å². The van der Waals surface area contributed by atoms with Gasteiger partial charge in [-0.25, -0.2) is 14.8 Å². The van der Waals surface area contributed by atoms with Crippen LogP contribution in [0.25, 0.3) is 11.3 Å². The zero-order valence-corrected chi connectivity index (χ0v) is 17.8. The Morgan fingerprint density at radius 3 is 2.52 bits per heavy atom. The second kappa shape index (κ2) is 8.57. The first-order valence-corrected chi connectivity index (χ1v) is 9.69. The van der Waals surface area contributed by atoms with E-state index in [0.29, 0.717) is 18.3 Å². The van der Waals surface area contributed by atoms with Crippen molar-refractivity contribution in [3.8, 4) is 17.3 Å². The van der Waals surface area contributed by atoms with Crippen LogP contribution in [0.3, 0.4) is 0 Å². The average molecular weight is 585 g/mol. The Morgan fingerprint density at radius 2 is 1.89 bits per heavy atom. The molecule has 2 aromatic carbocycles. The van der Waals surface area contributed by atoms with E-state index in [1.54, 1.807) is 36.4 Å². The van der Waals surface area contributed by atoms with Gasteiger partial charge in [0.1, 0.15) is 17.4 Å². The van der Waals surface area contributed by atoms with Crippen LogP contribution in [0.1, 0.15) is 11.1 Å². The van der Waals surface area contributed by atoms with Gasteiger partial charge in [-0.3, -0.25) is 9.78 Å². The molecule has 0 aliphatic carbocycles. The van der Waals surface area contributed by atoms with Crippen LogP contribution in [0.5, 0.6) is 0 Å². The number of hydrogen-bond donors (Lipinski definition) is 2. The van der Waals surface area contributed by atoms with Crippen LogP contribution < -0.4 is 11.0 Å². The summed E-state index contributed by atoms with van der Waals surface area (Å²) in [7, 11) is 0. The van der Waals surface area contributed by atoms with Crippen molar-refractivity contribution in [3.05, 3.63) is 76.9 Å². The SMILES string of the molecule is N#Cc1c(-c2ccccc2)nc(NN=Cc2cc(I)c(F)c(I)c2)[nH]c1=O. The molecule has 6 nitrogen and oxygen atoms in total. The molecule has 0 atom stereocenters. The molecule has 0 bridgehead atoms. The van der Waals surface area contributed by atoms with E-state index in [4.69, 9.17) is 0 Å². The second-order valence-corrected chi connectivity index (χ2v) is 7.61. The fourth-order valence-corrected chi connectivity index (χ4v) is 4.07. The number of aromatic amines is 1. The molecule has 9 heteroatoms. The lowest BCUT2D eigenvalue weighted by atomic mass is 10.1.